The number of carbonyl (C=O) groups excluding carboxylic acids is 1. The minimum atomic E-state index is -0.258. The fourth-order valence-corrected chi connectivity index (χ4v) is 3.07. The van der Waals surface area contributed by atoms with Gasteiger partial charge in [0.15, 0.2) is 4.80 Å². The molecule has 0 aliphatic heterocycles. The quantitative estimate of drug-likeness (QED) is 0.844. The highest BCUT2D eigenvalue weighted by atomic mass is 32.1. The first-order valence-electron chi connectivity index (χ1n) is 6.52. The third-order valence-electron chi connectivity index (χ3n) is 2.78. The van der Waals surface area contributed by atoms with Crippen molar-refractivity contribution in [3.8, 4) is 0 Å². The van der Waals surface area contributed by atoms with Crippen molar-refractivity contribution >= 4 is 27.5 Å². The van der Waals surface area contributed by atoms with Gasteiger partial charge in [-0.3, -0.25) is 4.79 Å². The van der Waals surface area contributed by atoms with Gasteiger partial charge in [0, 0.05) is 13.0 Å². The van der Waals surface area contributed by atoms with Crippen LogP contribution < -0.4 is 4.80 Å². The second kappa shape index (κ2) is 6.10. The van der Waals surface area contributed by atoms with Gasteiger partial charge in [0.1, 0.15) is 5.82 Å². The summed E-state index contributed by atoms with van der Waals surface area (Å²) in [5.74, 6) is -0.397. The Bertz CT molecular complexity index is 657. The van der Waals surface area contributed by atoms with Crippen molar-refractivity contribution in [1.82, 2.24) is 4.57 Å². The molecule has 1 aromatic heterocycles. The molecule has 0 bridgehead atoms. The lowest BCUT2D eigenvalue weighted by atomic mass is 10.3. The molecule has 0 aliphatic carbocycles. The Morgan fingerprint density at radius 2 is 2.16 bits per heavy atom. The maximum Gasteiger partial charge on any atom is 0.248 e. The lowest BCUT2D eigenvalue weighted by molar-refractivity contribution is -0.118. The van der Waals surface area contributed by atoms with Crippen molar-refractivity contribution in [2.45, 2.75) is 39.7 Å². The summed E-state index contributed by atoms with van der Waals surface area (Å²) in [4.78, 5) is 16.4. The van der Waals surface area contributed by atoms with Gasteiger partial charge in [-0.05, 0) is 25.0 Å². The Hall–Kier alpha value is -1.49. The number of aryl methyl sites for hydroxylation is 1. The highest BCUT2D eigenvalue weighted by molar-refractivity contribution is 7.16. The largest absolute Gasteiger partial charge is 0.314 e. The van der Waals surface area contributed by atoms with Crippen LogP contribution in [0, 0.1) is 5.82 Å². The summed E-state index contributed by atoms with van der Waals surface area (Å²) in [5.41, 5.74) is 0.553. The molecule has 19 heavy (non-hydrogen) atoms. The molecule has 0 N–H and O–H groups in total. The van der Waals surface area contributed by atoms with Gasteiger partial charge in [-0.25, -0.2) is 4.39 Å². The van der Waals surface area contributed by atoms with Crippen LogP contribution in [-0.2, 0) is 11.3 Å². The van der Waals surface area contributed by atoms with Gasteiger partial charge in [0.05, 0.1) is 10.2 Å². The maximum absolute atomic E-state index is 13.9. The number of hydrogen-bond acceptors (Lipinski definition) is 2. The summed E-state index contributed by atoms with van der Waals surface area (Å²) in [5, 5.41) is 0. The normalized spacial score (nSPS) is 12.3. The molecule has 2 rings (SSSR count). The van der Waals surface area contributed by atoms with E-state index in [0.717, 1.165) is 17.5 Å². The van der Waals surface area contributed by atoms with Crippen LogP contribution in [0.25, 0.3) is 10.2 Å². The van der Waals surface area contributed by atoms with E-state index in [4.69, 9.17) is 0 Å². The van der Waals surface area contributed by atoms with E-state index in [0.29, 0.717) is 23.3 Å². The minimum Gasteiger partial charge on any atom is -0.314 e. The van der Waals surface area contributed by atoms with Crippen molar-refractivity contribution in [3.05, 3.63) is 28.8 Å². The fourth-order valence-electron chi connectivity index (χ4n) is 1.98. The molecule has 0 saturated heterocycles. The molecule has 0 fully saturated rings. The number of rotatable bonds is 4. The molecular weight excluding hydrogens is 263 g/mol. The van der Waals surface area contributed by atoms with Crippen LogP contribution in [-0.4, -0.2) is 10.5 Å². The number of nitrogens with zero attached hydrogens (tertiary/aromatic N) is 2. The molecule has 3 nitrogen and oxygen atoms in total. The topological polar surface area (TPSA) is 34.4 Å². The fraction of sp³-hybridized carbons (Fsp3) is 0.429. The van der Waals surface area contributed by atoms with Crippen LogP contribution in [0.5, 0.6) is 0 Å². The number of para-hydroxylation sites is 1. The zero-order valence-corrected chi connectivity index (χ0v) is 12.0. The van der Waals surface area contributed by atoms with Crippen molar-refractivity contribution in [2.24, 2.45) is 4.99 Å². The molecule has 5 heteroatoms. The van der Waals surface area contributed by atoms with Crippen molar-refractivity contribution in [3.63, 3.8) is 0 Å². The van der Waals surface area contributed by atoms with E-state index in [2.05, 4.69) is 4.99 Å². The van der Waals surface area contributed by atoms with Crippen LogP contribution in [0.4, 0.5) is 4.39 Å². The molecule has 2 aromatic rings. The number of carbonyl (C=O) groups is 1. The lowest BCUT2D eigenvalue weighted by Crippen LogP contribution is -2.17. The number of benzene rings is 1. The van der Waals surface area contributed by atoms with Crippen molar-refractivity contribution < 1.29 is 9.18 Å². The highest BCUT2D eigenvalue weighted by Gasteiger charge is 2.10. The summed E-state index contributed by atoms with van der Waals surface area (Å²) < 4.78 is 16.6. The zero-order valence-electron chi connectivity index (χ0n) is 11.1. The number of halogens is 1. The Morgan fingerprint density at radius 1 is 1.37 bits per heavy atom. The maximum atomic E-state index is 13.9. The molecule has 0 atom stereocenters. The molecule has 1 amide bonds. The molecule has 0 unspecified atom stereocenters. The second-order valence-electron chi connectivity index (χ2n) is 4.38. The molecule has 0 aliphatic rings. The van der Waals surface area contributed by atoms with E-state index >= 15 is 0 Å². The molecule has 0 saturated carbocycles. The Morgan fingerprint density at radius 3 is 2.84 bits per heavy atom. The van der Waals surface area contributed by atoms with Gasteiger partial charge < -0.3 is 4.57 Å². The SMILES string of the molecule is CCCC(=O)N=c1sc2cccc(F)c2n1CCC. The van der Waals surface area contributed by atoms with Crippen molar-refractivity contribution in [1.29, 1.82) is 0 Å². The molecule has 102 valence electrons. The number of hydrogen-bond donors (Lipinski definition) is 0. The number of amides is 1. The minimum absolute atomic E-state index is 0.140. The van der Waals surface area contributed by atoms with Gasteiger partial charge >= 0.3 is 0 Å². The predicted molar refractivity (Wildman–Crippen MR) is 75.5 cm³/mol. The summed E-state index contributed by atoms with van der Waals surface area (Å²) in [6.07, 6.45) is 2.08. The average Bonchev–Trinajstić information content (AvgIpc) is 2.69. The Labute approximate surface area is 115 Å². The third kappa shape index (κ3) is 2.92. The zero-order chi connectivity index (χ0) is 13.8. The van der Waals surface area contributed by atoms with E-state index in [-0.39, 0.29) is 11.7 Å². The number of thiazole rings is 1. The monoisotopic (exact) mass is 280 g/mol. The van der Waals surface area contributed by atoms with Crippen LogP contribution in [0.3, 0.4) is 0 Å². The van der Waals surface area contributed by atoms with Gasteiger partial charge in [-0.1, -0.05) is 31.3 Å². The van der Waals surface area contributed by atoms with Crippen LogP contribution in [0.1, 0.15) is 33.1 Å². The van der Waals surface area contributed by atoms with Crippen LogP contribution >= 0.6 is 11.3 Å². The Kier molecular flexibility index (Phi) is 4.47. The van der Waals surface area contributed by atoms with E-state index in [1.807, 2.05) is 24.5 Å². The summed E-state index contributed by atoms with van der Waals surface area (Å²) in [7, 11) is 0. The second-order valence-corrected chi connectivity index (χ2v) is 5.39. The molecule has 0 radical (unpaired) electrons. The number of aromatic nitrogens is 1. The molecule has 1 aromatic carbocycles. The summed E-state index contributed by atoms with van der Waals surface area (Å²) in [6.45, 7) is 4.63. The smallest absolute Gasteiger partial charge is 0.248 e. The lowest BCUT2D eigenvalue weighted by Gasteiger charge is -2.03. The highest BCUT2D eigenvalue weighted by Crippen LogP contribution is 2.20. The van der Waals surface area contributed by atoms with E-state index in [1.54, 1.807) is 6.07 Å². The molecule has 0 spiro atoms. The van der Waals surface area contributed by atoms with E-state index < -0.39 is 0 Å². The first kappa shape index (κ1) is 13.9. The van der Waals surface area contributed by atoms with E-state index in [9.17, 15) is 9.18 Å². The number of fused-ring (bicyclic) bond motifs is 1. The van der Waals surface area contributed by atoms with Gasteiger partial charge in [0.2, 0.25) is 5.91 Å². The van der Waals surface area contributed by atoms with Crippen LogP contribution in [0.2, 0.25) is 0 Å². The third-order valence-corrected chi connectivity index (χ3v) is 3.83. The van der Waals surface area contributed by atoms with Gasteiger partial charge in [-0.15, -0.1) is 0 Å². The first-order valence-corrected chi connectivity index (χ1v) is 7.34. The van der Waals surface area contributed by atoms with Crippen LogP contribution in [0.15, 0.2) is 23.2 Å². The van der Waals surface area contributed by atoms with Crippen molar-refractivity contribution in [2.75, 3.05) is 0 Å². The van der Waals surface area contributed by atoms with Gasteiger partial charge in [0.25, 0.3) is 0 Å². The Balaban J connectivity index is 2.63. The standard InChI is InChI=1S/C14H17FN2OS/c1-3-6-12(18)16-14-17(9-4-2)13-10(15)7-5-8-11(13)19-14/h5,7-8H,3-4,6,9H2,1-2H3. The predicted octanol–water partition coefficient (Wildman–Crippen LogP) is 3.48. The summed E-state index contributed by atoms with van der Waals surface area (Å²) in [6, 6.07) is 4.99. The average molecular weight is 280 g/mol. The first-order chi connectivity index (χ1) is 9.17. The summed E-state index contributed by atoms with van der Waals surface area (Å²) >= 11 is 1.37. The molecular formula is C14H17FN2OS. The van der Waals surface area contributed by atoms with E-state index in [1.165, 1.54) is 17.4 Å². The van der Waals surface area contributed by atoms with Gasteiger partial charge in [-0.2, -0.15) is 4.99 Å². The molecule has 1 heterocycles.